The van der Waals surface area contributed by atoms with Gasteiger partial charge in [-0.15, -0.1) is 0 Å². The van der Waals surface area contributed by atoms with Gasteiger partial charge in [-0.2, -0.15) is 0 Å². The van der Waals surface area contributed by atoms with Crippen LogP contribution in [0.5, 0.6) is 0 Å². The van der Waals surface area contributed by atoms with Crippen LogP contribution in [0.25, 0.3) is 0 Å². The highest BCUT2D eigenvalue weighted by molar-refractivity contribution is 5.94. The van der Waals surface area contributed by atoms with E-state index >= 15 is 0 Å². The number of halogens is 1. The number of carbonyl (C=O) groups is 1. The zero-order valence-electron chi connectivity index (χ0n) is 12.4. The summed E-state index contributed by atoms with van der Waals surface area (Å²) < 4.78 is 12.9. The third-order valence-corrected chi connectivity index (χ3v) is 3.46. The van der Waals surface area contributed by atoms with Crippen LogP contribution in [0.2, 0.25) is 0 Å². The van der Waals surface area contributed by atoms with E-state index in [-0.39, 0.29) is 17.8 Å². The van der Waals surface area contributed by atoms with Crippen molar-refractivity contribution in [1.29, 1.82) is 0 Å². The Hall–Kier alpha value is -2.36. The van der Waals surface area contributed by atoms with Gasteiger partial charge in [0.15, 0.2) is 0 Å². The zero-order valence-corrected chi connectivity index (χ0v) is 12.4. The van der Waals surface area contributed by atoms with Crippen molar-refractivity contribution in [3.8, 4) is 0 Å². The molecule has 0 aromatic heterocycles. The monoisotopic (exact) mass is 286 g/mol. The van der Waals surface area contributed by atoms with E-state index in [1.54, 1.807) is 25.2 Å². The summed E-state index contributed by atoms with van der Waals surface area (Å²) in [6.45, 7) is 3.96. The van der Waals surface area contributed by atoms with Gasteiger partial charge in [-0.25, -0.2) is 4.39 Å². The molecule has 0 spiro atoms. The molecule has 2 aromatic rings. The number of benzene rings is 2. The predicted octanol–water partition coefficient (Wildman–Crippen LogP) is 3.67. The van der Waals surface area contributed by atoms with Crippen molar-refractivity contribution in [2.75, 3.05) is 12.4 Å². The van der Waals surface area contributed by atoms with Crippen LogP contribution in [0.4, 0.5) is 10.1 Å². The number of amides is 1. The topological polar surface area (TPSA) is 41.1 Å². The van der Waals surface area contributed by atoms with E-state index in [4.69, 9.17) is 0 Å². The molecule has 0 aliphatic heterocycles. The lowest BCUT2D eigenvalue weighted by Crippen LogP contribution is -2.18. The van der Waals surface area contributed by atoms with E-state index in [2.05, 4.69) is 10.6 Å². The molecular formula is C17H19FN2O. The van der Waals surface area contributed by atoms with E-state index in [0.29, 0.717) is 5.56 Å². The van der Waals surface area contributed by atoms with E-state index in [1.807, 2.05) is 26.0 Å². The molecule has 1 unspecified atom stereocenters. The van der Waals surface area contributed by atoms with Crippen molar-refractivity contribution >= 4 is 11.6 Å². The number of anilines is 1. The third-order valence-electron chi connectivity index (χ3n) is 3.46. The van der Waals surface area contributed by atoms with Crippen LogP contribution in [0.1, 0.15) is 34.5 Å². The maximum atomic E-state index is 12.9. The lowest BCUT2D eigenvalue weighted by molar-refractivity contribution is 0.0963. The summed E-state index contributed by atoms with van der Waals surface area (Å²) in [6, 6.07) is 12.0. The first kappa shape index (κ1) is 15.0. The Balaban J connectivity index is 2.15. The van der Waals surface area contributed by atoms with Crippen LogP contribution < -0.4 is 10.6 Å². The van der Waals surface area contributed by atoms with Crippen molar-refractivity contribution in [2.45, 2.75) is 19.9 Å². The molecule has 0 heterocycles. The molecule has 0 aliphatic carbocycles. The number of nitrogens with one attached hydrogen (secondary N) is 2. The van der Waals surface area contributed by atoms with Crippen molar-refractivity contribution < 1.29 is 9.18 Å². The Morgan fingerprint density at radius 2 is 1.81 bits per heavy atom. The first-order valence-electron chi connectivity index (χ1n) is 6.86. The Labute approximate surface area is 124 Å². The van der Waals surface area contributed by atoms with Gasteiger partial charge in [0.05, 0.1) is 0 Å². The normalized spacial score (nSPS) is 11.8. The van der Waals surface area contributed by atoms with Gasteiger partial charge in [-0.3, -0.25) is 4.79 Å². The minimum Gasteiger partial charge on any atom is -0.378 e. The molecular weight excluding hydrogens is 267 g/mol. The lowest BCUT2D eigenvalue weighted by Gasteiger charge is -2.18. The van der Waals surface area contributed by atoms with Gasteiger partial charge in [-0.05, 0) is 55.3 Å². The van der Waals surface area contributed by atoms with Gasteiger partial charge in [0.2, 0.25) is 0 Å². The average molecular weight is 286 g/mol. The second kappa shape index (κ2) is 6.39. The molecule has 2 rings (SSSR count). The highest BCUT2D eigenvalue weighted by atomic mass is 19.1. The molecule has 21 heavy (non-hydrogen) atoms. The number of carbonyl (C=O) groups excluding carboxylic acids is 1. The van der Waals surface area contributed by atoms with Crippen molar-refractivity contribution in [1.82, 2.24) is 5.32 Å². The molecule has 4 heteroatoms. The maximum Gasteiger partial charge on any atom is 0.251 e. The van der Waals surface area contributed by atoms with Gasteiger partial charge < -0.3 is 10.6 Å². The van der Waals surface area contributed by atoms with Gasteiger partial charge >= 0.3 is 0 Å². The van der Waals surface area contributed by atoms with Crippen LogP contribution in [-0.2, 0) is 0 Å². The first-order valence-corrected chi connectivity index (χ1v) is 6.86. The first-order chi connectivity index (χ1) is 10.0. The zero-order chi connectivity index (χ0) is 15.4. The molecule has 0 fully saturated rings. The van der Waals surface area contributed by atoms with Crippen LogP contribution >= 0.6 is 0 Å². The highest BCUT2D eigenvalue weighted by Crippen LogP contribution is 2.23. The van der Waals surface area contributed by atoms with E-state index in [1.165, 1.54) is 12.1 Å². The molecule has 2 N–H and O–H groups in total. The molecule has 0 aliphatic rings. The molecule has 0 radical (unpaired) electrons. The molecule has 110 valence electrons. The van der Waals surface area contributed by atoms with Crippen molar-refractivity contribution in [3.05, 3.63) is 65.0 Å². The van der Waals surface area contributed by atoms with Crippen LogP contribution in [-0.4, -0.2) is 13.0 Å². The number of rotatable bonds is 4. The third kappa shape index (κ3) is 3.60. The van der Waals surface area contributed by atoms with E-state index < -0.39 is 0 Å². The summed E-state index contributed by atoms with van der Waals surface area (Å²) in [5.41, 5.74) is 3.59. The largest absolute Gasteiger partial charge is 0.378 e. The van der Waals surface area contributed by atoms with Gasteiger partial charge in [0, 0.05) is 24.3 Å². The second-order valence-electron chi connectivity index (χ2n) is 5.03. The summed E-state index contributed by atoms with van der Waals surface area (Å²) in [7, 11) is 1.61. The average Bonchev–Trinajstić information content (AvgIpc) is 2.49. The fourth-order valence-electron chi connectivity index (χ4n) is 2.18. The summed E-state index contributed by atoms with van der Waals surface area (Å²) >= 11 is 0. The lowest BCUT2D eigenvalue weighted by atomic mass is 10.1. The van der Waals surface area contributed by atoms with Crippen LogP contribution in [0.15, 0.2) is 42.5 Å². The fraction of sp³-hybridized carbons (Fsp3) is 0.235. The van der Waals surface area contributed by atoms with E-state index in [9.17, 15) is 9.18 Å². The number of hydrogen-bond donors (Lipinski definition) is 2. The molecule has 0 bridgehead atoms. The molecule has 0 saturated carbocycles. The summed E-state index contributed by atoms with van der Waals surface area (Å²) in [6.07, 6.45) is 0. The Morgan fingerprint density at radius 1 is 1.14 bits per heavy atom. The van der Waals surface area contributed by atoms with Crippen LogP contribution in [0, 0.1) is 12.7 Å². The minimum atomic E-state index is -0.239. The van der Waals surface area contributed by atoms with Crippen molar-refractivity contribution in [3.63, 3.8) is 0 Å². The predicted molar refractivity (Wildman–Crippen MR) is 83.0 cm³/mol. The molecule has 2 aromatic carbocycles. The summed E-state index contributed by atoms with van der Waals surface area (Å²) in [5.74, 6) is -0.340. The molecule has 0 saturated heterocycles. The Bertz CT molecular complexity index is 638. The van der Waals surface area contributed by atoms with E-state index in [0.717, 1.165) is 16.8 Å². The maximum absolute atomic E-state index is 12.9. The fourth-order valence-corrected chi connectivity index (χ4v) is 2.18. The Kier molecular flexibility index (Phi) is 4.58. The highest BCUT2D eigenvalue weighted by Gasteiger charge is 2.09. The minimum absolute atomic E-state index is 0.0511. The number of aryl methyl sites for hydroxylation is 1. The molecule has 1 atom stereocenters. The molecule has 1 amide bonds. The van der Waals surface area contributed by atoms with Gasteiger partial charge in [0.25, 0.3) is 5.91 Å². The SMILES string of the molecule is CNC(=O)c1ccc(NC(C)c2ccc(F)cc2)c(C)c1. The summed E-state index contributed by atoms with van der Waals surface area (Å²) in [4.78, 5) is 11.6. The quantitative estimate of drug-likeness (QED) is 0.900. The van der Waals surface area contributed by atoms with Crippen LogP contribution in [0.3, 0.4) is 0 Å². The second-order valence-corrected chi connectivity index (χ2v) is 5.03. The Morgan fingerprint density at radius 3 is 2.38 bits per heavy atom. The molecule has 3 nitrogen and oxygen atoms in total. The standard InChI is InChI=1S/C17H19FN2O/c1-11-10-14(17(21)19-3)6-9-16(11)20-12(2)13-4-7-15(18)8-5-13/h4-10,12,20H,1-3H3,(H,19,21). The smallest absolute Gasteiger partial charge is 0.251 e. The van der Waals surface area contributed by atoms with Gasteiger partial charge in [0.1, 0.15) is 5.82 Å². The summed E-state index contributed by atoms with van der Waals surface area (Å²) in [5, 5.41) is 5.98. The van der Waals surface area contributed by atoms with Crippen molar-refractivity contribution in [2.24, 2.45) is 0 Å². The van der Waals surface area contributed by atoms with Gasteiger partial charge in [-0.1, -0.05) is 12.1 Å². The number of hydrogen-bond acceptors (Lipinski definition) is 2.